The van der Waals surface area contributed by atoms with Crippen molar-refractivity contribution < 1.29 is 13.2 Å². The van der Waals surface area contributed by atoms with Gasteiger partial charge in [0.1, 0.15) is 0 Å². The van der Waals surface area contributed by atoms with Crippen LogP contribution in [0.15, 0.2) is 59.5 Å². The normalized spacial score (nSPS) is 13.0. The van der Waals surface area contributed by atoms with Crippen LogP contribution < -0.4 is 5.32 Å². The van der Waals surface area contributed by atoms with Crippen molar-refractivity contribution in [1.82, 2.24) is 9.62 Å². The van der Waals surface area contributed by atoms with Gasteiger partial charge in [0.15, 0.2) is 0 Å². The number of benzene rings is 2. The summed E-state index contributed by atoms with van der Waals surface area (Å²) in [6.07, 6.45) is 1.68. The molecule has 1 N–H and O–H groups in total. The van der Waals surface area contributed by atoms with E-state index in [9.17, 15) is 13.2 Å². The first kappa shape index (κ1) is 21.1. The molecule has 0 aliphatic heterocycles. The lowest BCUT2D eigenvalue weighted by molar-refractivity contribution is 0.0938. The molecule has 1 atom stereocenters. The molecule has 1 amide bonds. The number of amides is 1. The summed E-state index contributed by atoms with van der Waals surface area (Å²) in [5.41, 5.74) is 1.57. The van der Waals surface area contributed by atoms with E-state index in [4.69, 9.17) is 0 Å². The Morgan fingerprint density at radius 3 is 2.33 bits per heavy atom. The molecule has 0 fully saturated rings. The van der Waals surface area contributed by atoms with Crippen molar-refractivity contribution in [2.24, 2.45) is 0 Å². The van der Waals surface area contributed by atoms with Crippen molar-refractivity contribution in [2.75, 3.05) is 7.05 Å². The predicted octanol–water partition coefficient (Wildman–Crippen LogP) is 3.47. The molecule has 1 unspecified atom stereocenters. The molecule has 0 aliphatic carbocycles. The largest absolute Gasteiger partial charge is 0.350 e. The average molecular weight is 389 g/mol. The van der Waals surface area contributed by atoms with Crippen LogP contribution in [0.25, 0.3) is 0 Å². The molecule has 27 heavy (non-hydrogen) atoms. The van der Waals surface area contributed by atoms with Gasteiger partial charge >= 0.3 is 0 Å². The molecule has 0 aromatic heterocycles. The Balaban J connectivity index is 2.04. The van der Waals surface area contributed by atoms with Gasteiger partial charge in [-0.05, 0) is 57.4 Å². The van der Waals surface area contributed by atoms with Crippen molar-refractivity contribution in [3.05, 3.63) is 65.7 Å². The fourth-order valence-corrected chi connectivity index (χ4v) is 4.06. The molecule has 2 aromatic rings. The van der Waals surface area contributed by atoms with Gasteiger partial charge in [0.25, 0.3) is 5.91 Å². The maximum atomic E-state index is 12.6. The summed E-state index contributed by atoms with van der Waals surface area (Å²) in [5.74, 6) is -0.264. The van der Waals surface area contributed by atoms with E-state index >= 15 is 0 Å². The highest BCUT2D eigenvalue weighted by molar-refractivity contribution is 7.89. The zero-order valence-corrected chi connectivity index (χ0v) is 17.2. The van der Waals surface area contributed by atoms with Crippen LogP contribution in [0.2, 0.25) is 0 Å². The molecule has 0 bridgehead atoms. The van der Waals surface area contributed by atoms with Gasteiger partial charge in [0.05, 0.1) is 4.90 Å². The summed E-state index contributed by atoms with van der Waals surface area (Å²) in [6, 6.07) is 16.1. The molecule has 0 heterocycles. The molecular formula is C21H28N2O3S. The fraction of sp³-hybridized carbons (Fsp3) is 0.381. The van der Waals surface area contributed by atoms with Crippen molar-refractivity contribution >= 4 is 15.9 Å². The first-order valence-corrected chi connectivity index (χ1v) is 10.6. The van der Waals surface area contributed by atoms with Gasteiger partial charge in [-0.3, -0.25) is 4.79 Å². The van der Waals surface area contributed by atoms with Crippen LogP contribution in [-0.4, -0.2) is 37.8 Å². The number of carbonyl (C=O) groups is 1. The third-order valence-electron chi connectivity index (χ3n) is 4.59. The van der Waals surface area contributed by atoms with Crippen LogP contribution in [0.1, 0.15) is 43.1 Å². The van der Waals surface area contributed by atoms with Crippen molar-refractivity contribution in [3.8, 4) is 0 Å². The Labute approximate surface area is 162 Å². The maximum absolute atomic E-state index is 12.6. The third-order valence-corrected chi connectivity index (χ3v) is 6.62. The maximum Gasteiger partial charge on any atom is 0.251 e. The molecular weight excluding hydrogens is 360 g/mol. The van der Waals surface area contributed by atoms with E-state index in [1.807, 2.05) is 39.0 Å². The van der Waals surface area contributed by atoms with Crippen LogP contribution in [0.3, 0.4) is 0 Å². The van der Waals surface area contributed by atoms with Crippen LogP contribution in [0.5, 0.6) is 0 Å². The zero-order valence-electron chi connectivity index (χ0n) is 16.3. The minimum absolute atomic E-state index is 0.0173. The lowest BCUT2D eigenvalue weighted by Gasteiger charge is -2.21. The second-order valence-electron chi connectivity index (χ2n) is 7.04. The SMILES string of the molecule is CC(CCc1ccccc1)NC(=O)c1cccc(S(=O)(=O)N(C)C(C)C)c1. The first-order chi connectivity index (χ1) is 12.7. The number of aryl methyl sites for hydroxylation is 1. The Bertz CT molecular complexity index is 864. The number of sulfonamides is 1. The van der Waals surface area contributed by atoms with Crippen LogP contribution >= 0.6 is 0 Å². The van der Waals surface area contributed by atoms with Gasteiger partial charge in [0.2, 0.25) is 10.0 Å². The third kappa shape index (κ3) is 5.65. The Morgan fingerprint density at radius 1 is 1.04 bits per heavy atom. The standard InChI is InChI=1S/C21H28N2O3S/c1-16(2)23(4)27(25,26)20-12-8-11-19(15-20)21(24)22-17(3)13-14-18-9-6-5-7-10-18/h5-12,15-17H,13-14H2,1-4H3,(H,22,24). The summed E-state index contributed by atoms with van der Waals surface area (Å²) in [5, 5.41) is 2.95. The van der Waals surface area contributed by atoms with Crippen LogP contribution in [0, 0.1) is 0 Å². The van der Waals surface area contributed by atoms with Gasteiger partial charge in [-0.15, -0.1) is 0 Å². The minimum Gasteiger partial charge on any atom is -0.350 e. The summed E-state index contributed by atoms with van der Waals surface area (Å²) < 4.78 is 26.5. The van der Waals surface area contributed by atoms with E-state index in [2.05, 4.69) is 17.4 Å². The molecule has 5 nitrogen and oxygen atoms in total. The molecule has 0 radical (unpaired) electrons. The number of rotatable bonds is 8. The van der Waals surface area contributed by atoms with Gasteiger partial charge in [-0.25, -0.2) is 8.42 Å². The highest BCUT2D eigenvalue weighted by atomic mass is 32.2. The monoisotopic (exact) mass is 388 g/mol. The Kier molecular flexibility index (Phi) is 7.16. The van der Waals surface area contributed by atoms with Crippen molar-refractivity contribution in [1.29, 1.82) is 0 Å². The molecule has 0 saturated carbocycles. The molecule has 6 heteroatoms. The molecule has 2 aromatic carbocycles. The Morgan fingerprint density at radius 2 is 1.70 bits per heavy atom. The predicted molar refractivity (Wildman–Crippen MR) is 108 cm³/mol. The number of nitrogens with zero attached hydrogens (tertiary/aromatic N) is 1. The second-order valence-corrected chi connectivity index (χ2v) is 9.04. The molecule has 0 spiro atoms. The highest BCUT2D eigenvalue weighted by Crippen LogP contribution is 2.18. The summed E-state index contributed by atoms with van der Waals surface area (Å²) in [6.45, 7) is 5.57. The van der Waals surface area contributed by atoms with E-state index < -0.39 is 10.0 Å². The van der Waals surface area contributed by atoms with E-state index in [1.165, 1.54) is 22.0 Å². The van der Waals surface area contributed by atoms with E-state index in [0.29, 0.717) is 5.56 Å². The molecule has 2 rings (SSSR count). The minimum atomic E-state index is -3.62. The Hall–Kier alpha value is -2.18. The number of nitrogens with one attached hydrogen (secondary N) is 1. The fourth-order valence-electron chi connectivity index (χ4n) is 2.65. The van der Waals surface area contributed by atoms with E-state index in [1.54, 1.807) is 19.2 Å². The lowest BCUT2D eigenvalue weighted by atomic mass is 10.1. The van der Waals surface area contributed by atoms with Crippen LogP contribution in [-0.2, 0) is 16.4 Å². The number of hydrogen-bond acceptors (Lipinski definition) is 3. The van der Waals surface area contributed by atoms with Gasteiger partial charge < -0.3 is 5.32 Å². The topological polar surface area (TPSA) is 66.5 Å². The average Bonchev–Trinajstić information content (AvgIpc) is 2.66. The zero-order chi connectivity index (χ0) is 20.0. The second kappa shape index (κ2) is 9.15. The molecule has 146 valence electrons. The quantitative estimate of drug-likeness (QED) is 0.753. The van der Waals surface area contributed by atoms with Crippen molar-refractivity contribution in [3.63, 3.8) is 0 Å². The van der Waals surface area contributed by atoms with Gasteiger partial charge in [-0.2, -0.15) is 4.31 Å². The summed E-state index contributed by atoms with van der Waals surface area (Å²) >= 11 is 0. The summed E-state index contributed by atoms with van der Waals surface area (Å²) in [7, 11) is -2.08. The van der Waals surface area contributed by atoms with Gasteiger partial charge in [0, 0.05) is 24.7 Å². The van der Waals surface area contributed by atoms with E-state index in [0.717, 1.165) is 12.8 Å². The first-order valence-electron chi connectivity index (χ1n) is 9.14. The van der Waals surface area contributed by atoms with Gasteiger partial charge in [-0.1, -0.05) is 36.4 Å². The van der Waals surface area contributed by atoms with Crippen molar-refractivity contribution in [2.45, 2.75) is 50.6 Å². The molecule has 0 aliphatic rings. The lowest BCUT2D eigenvalue weighted by Crippen LogP contribution is -2.34. The number of hydrogen-bond donors (Lipinski definition) is 1. The van der Waals surface area contributed by atoms with E-state index in [-0.39, 0.29) is 22.9 Å². The number of carbonyl (C=O) groups excluding carboxylic acids is 1. The highest BCUT2D eigenvalue weighted by Gasteiger charge is 2.24. The van der Waals surface area contributed by atoms with Crippen LogP contribution in [0.4, 0.5) is 0 Å². The smallest absolute Gasteiger partial charge is 0.251 e. The summed E-state index contributed by atoms with van der Waals surface area (Å²) in [4.78, 5) is 12.7. The molecule has 0 saturated heterocycles.